The van der Waals surface area contributed by atoms with Crippen molar-refractivity contribution in [3.8, 4) is 0 Å². The summed E-state index contributed by atoms with van der Waals surface area (Å²) in [5.41, 5.74) is -0.470. The number of thioether (sulfide) groups is 1. The van der Waals surface area contributed by atoms with E-state index >= 15 is 0 Å². The highest BCUT2D eigenvalue weighted by atomic mass is 32.2. The van der Waals surface area contributed by atoms with Gasteiger partial charge < -0.3 is 4.74 Å². The van der Waals surface area contributed by atoms with Crippen molar-refractivity contribution in [2.45, 2.75) is 54.0 Å². The maximum absolute atomic E-state index is 12.2. The second-order valence-corrected chi connectivity index (χ2v) is 6.96. The van der Waals surface area contributed by atoms with E-state index in [0.717, 1.165) is 24.3 Å². The SMILES string of the molecule is COC(=O)C1(NC2CC2)CCC(Sc2ccccn2)C1. The minimum atomic E-state index is -0.470. The lowest BCUT2D eigenvalue weighted by atomic mass is 9.97. The predicted octanol–water partition coefficient (Wildman–Crippen LogP) is 2.39. The number of ether oxygens (including phenoxy) is 1. The molecule has 0 spiro atoms. The first-order valence-electron chi connectivity index (χ1n) is 7.16. The molecule has 0 amide bonds. The zero-order valence-corrected chi connectivity index (χ0v) is 12.5. The van der Waals surface area contributed by atoms with Crippen molar-refractivity contribution in [2.75, 3.05) is 7.11 Å². The standard InChI is InChI=1S/C15H20N2O2S/c1-19-14(18)15(17-11-5-6-11)8-7-12(10-15)20-13-4-2-3-9-16-13/h2-4,9,11-12,17H,5-8,10H2,1H3. The molecule has 1 N–H and O–H groups in total. The molecule has 1 aromatic rings. The van der Waals surface area contributed by atoms with Gasteiger partial charge in [-0.2, -0.15) is 0 Å². The molecular formula is C15H20N2O2S. The van der Waals surface area contributed by atoms with Crippen LogP contribution in [-0.2, 0) is 9.53 Å². The van der Waals surface area contributed by atoms with Crippen molar-refractivity contribution in [3.63, 3.8) is 0 Å². The third kappa shape index (κ3) is 2.99. The molecule has 108 valence electrons. The van der Waals surface area contributed by atoms with E-state index in [1.807, 2.05) is 24.4 Å². The molecule has 2 fully saturated rings. The fourth-order valence-electron chi connectivity index (χ4n) is 2.88. The van der Waals surface area contributed by atoms with Crippen LogP contribution in [0.4, 0.5) is 0 Å². The topological polar surface area (TPSA) is 51.2 Å². The number of hydrogen-bond acceptors (Lipinski definition) is 5. The molecule has 2 aliphatic carbocycles. The first-order chi connectivity index (χ1) is 9.72. The molecule has 0 saturated heterocycles. The number of esters is 1. The smallest absolute Gasteiger partial charge is 0.326 e. The van der Waals surface area contributed by atoms with Crippen LogP contribution in [0.5, 0.6) is 0 Å². The molecule has 0 radical (unpaired) electrons. The summed E-state index contributed by atoms with van der Waals surface area (Å²) in [6.45, 7) is 0. The third-order valence-corrected chi connectivity index (χ3v) is 5.25. The van der Waals surface area contributed by atoms with E-state index in [9.17, 15) is 4.79 Å². The Labute approximate surface area is 123 Å². The summed E-state index contributed by atoms with van der Waals surface area (Å²) in [4.78, 5) is 16.5. The number of pyridine rings is 1. The van der Waals surface area contributed by atoms with Gasteiger partial charge in [0.1, 0.15) is 5.54 Å². The number of methoxy groups -OCH3 is 1. The number of carbonyl (C=O) groups excluding carboxylic acids is 1. The highest BCUT2D eigenvalue weighted by Crippen LogP contribution is 2.41. The van der Waals surface area contributed by atoms with Crippen molar-refractivity contribution in [2.24, 2.45) is 0 Å². The maximum Gasteiger partial charge on any atom is 0.326 e. The van der Waals surface area contributed by atoms with Gasteiger partial charge in [-0.25, -0.2) is 4.98 Å². The molecule has 2 saturated carbocycles. The Morgan fingerprint density at radius 3 is 2.95 bits per heavy atom. The Kier molecular flexibility index (Phi) is 3.98. The Bertz CT molecular complexity index is 478. The van der Waals surface area contributed by atoms with E-state index in [4.69, 9.17) is 4.74 Å². The minimum absolute atomic E-state index is 0.103. The van der Waals surface area contributed by atoms with Crippen LogP contribution >= 0.6 is 11.8 Å². The zero-order valence-electron chi connectivity index (χ0n) is 11.7. The van der Waals surface area contributed by atoms with Gasteiger partial charge in [-0.05, 0) is 44.2 Å². The van der Waals surface area contributed by atoms with Gasteiger partial charge in [-0.3, -0.25) is 10.1 Å². The number of nitrogens with zero attached hydrogens (tertiary/aromatic N) is 1. The number of hydrogen-bond donors (Lipinski definition) is 1. The fraction of sp³-hybridized carbons (Fsp3) is 0.600. The van der Waals surface area contributed by atoms with Gasteiger partial charge >= 0.3 is 5.97 Å². The average Bonchev–Trinajstić information content (AvgIpc) is 3.19. The van der Waals surface area contributed by atoms with Gasteiger partial charge in [0.05, 0.1) is 12.1 Å². The van der Waals surface area contributed by atoms with Gasteiger partial charge in [-0.1, -0.05) is 6.07 Å². The van der Waals surface area contributed by atoms with Gasteiger partial charge in [0.2, 0.25) is 0 Å². The summed E-state index contributed by atoms with van der Waals surface area (Å²) in [5, 5.41) is 4.98. The molecule has 0 aliphatic heterocycles. The van der Waals surface area contributed by atoms with Crippen molar-refractivity contribution in [1.82, 2.24) is 10.3 Å². The Balaban J connectivity index is 1.67. The van der Waals surface area contributed by atoms with Crippen LogP contribution in [0, 0.1) is 0 Å². The molecule has 0 aromatic carbocycles. The number of rotatable bonds is 5. The molecule has 1 heterocycles. The quantitative estimate of drug-likeness (QED) is 0.845. The van der Waals surface area contributed by atoms with Crippen LogP contribution in [0.1, 0.15) is 32.1 Å². The van der Waals surface area contributed by atoms with E-state index < -0.39 is 5.54 Å². The lowest BCUT2D eigenvalue weighted by molar-refractivity contribution is -0.148. The van der Waals surface area contributed by atoms with Crippen molar-refractivity contribution in [1.29, 1.82) is 0 Å². The van der Waals surface area contributed by atoms with Gasteiger partial charge in [-0.15, -0.1) is 11.8 Å². The summed E-state index contributed by atoms with van der Waals surface area (Å²) in [6, 6.07) is 6.46. The Morgan fingerprint density at radius 1 is 1.45 bits per heavy atom. The molecular weight excluding hydrogens is 272 g/mol. The molecule has 2 atom stereocenters. The lowest BCUT2D eigenvalue weighted by Crippen LogP contribution is -2.52. The monoisotopic (exact) mass is 292 g/mol. The van der Waals surface area contributed by atoms with Gasteiger partial charge in [0.15, 0.2) is 0 Å². The lowest BCUT2D eigenvalue weighted by Gasteiger charge is -2.27. The van der Waals surface area contributed by atoms with Crippen molar-refractivity contribution >= 4 is 17.7 Å². The van der Waals surface area contributed by atoms with Crippen LogP contribution < -0.4 is 5.32 Å². The van der Waals surface area contributed by atoms with E-state index in [0.29, 0.717) is 11.3 Å². The number of carbonyl (C=O) groups is 1. The summed E-state index contributed by atoms with van der Waals surface area (Å²) in [5.74, 6) is -0.103. The second kappa shape index (κ2) is 5.74. The summed E-state index contributed by atoms with van der Waals surface area (Å²) < 4.78 is 5.04. The molecule has 0 bridgehead atoms. The average molecular weight is 292 g/mol. The Morgan fingerprint density at radius 2 is 2.30 bits per heavy atom. The number of aromatic nitrogens is 1. The molecule has 20 heavy (non-hydrogen) atoms. The molecule has 2 aliphatic rings. The third-order valence-electron chi connectivity index (χ3n) is 4.03. The molecule has 2 unspecified atom stereocenters. The maximum atomic E-state index is 12.2. The largest absolute Gasteiger partial charge is 0.468 e. The minimum Gasteiger partial charge on any atom is -0.468 e. The predicted molar refractivity (Wildman–Crippen MR) is 78.6 cm³/mol. The fourth-order valence-corrected chi connectivity index (χ4v) is 4.10. The Hall–Kier alpha value is -1.07. The highest BCUT2D eigenvalue weighted by molar-refractivity contribution is 7.99. The summed E-state index contributed by atoms with van der Waals surface area (Å²) in [7, 11) is 1.48. The van der Waals surface area contributed by atoms with Crippen molar-refractivity contribution in [3.05, 3.63) is 24.4 Å². The normalized spacial score (nSPS) is 29.4. The van der Waals surface area contributed by atoms with E-state index in [-0.39, 0.29) is 5.97 Å². The summed E-state index contributed by atoms with van der Waals surface area (Å²) >= 11 is 1.77. The van der Waals surface area contributed by atoms with E-state index in [2.05, 4.69) is 10.3 Å². The zero-order chi connectivity index (χ0) is 14.0. The van der Waals surface area contributed by atoms with Crippen LogP contribution in [0.2, 0.25) is 0 Å². The highest BCUT2D eigenvalue weighted by Gasteiger charge is 2.49. The molecule has 4 nitrogen and oxygen atoms in total. The molecule has 5 heteroatoms. The van der Waals surface area contributed by atoms with E-state index in [1.165, 1.54) is 20.0 Å². The summed E-state index contributed by atoms with van der Waals surface area (Å²) in [6.07, 6.45) is 6.88. The first-order valence-corrected chi connectivity index (χ1v) is 8.04. The molecule has 3 rings (SSSR count). The van der Waals surface area contributed by atoms with Crippen molar-refractivity contribution < 1.29 is 9.53 Å². The van der Waals surface area contributed by atoms with Crippen LogP contribution in [-0.4, -0.2) is 34.9 Å². The van der Waals surface area contributed by atoms with Crippen LogP contribution in [0.3, 0.4) is 0 Å². The second-order valence-electron chi connectivity index (χ2n) is 5.64. The number of nitrogens with one attached hydrogen (secondary N) is 1. The first kappa shape index (κ1) is 13.9. The van der Waals surface area contributed by atoms with Crippen LogP contribution in [0.15, 0.2) is 29.4 Å². The van der Waals surface area contributed by atoms with Gasteiger partial charge in [0, 0.05) is 17.5 Å². The van der Waals surface area contributed by atoms with E-state index in [1.54, 1.807) is 11.8 Å². The molecule has 1 aromatic heterocycles. The van der Waals surface area contributed by atoms with Gasteiger partial charge in [0.25, 0.3) is 0 Å². The van der Waals surface area contributed by atoms with Crippen LogP contribution in [0.25, 0.3) is 0 Å².